The second-order valence-corrected chi connectivity index (χ2v) is 5.78. The van der Waals surface area contributed by atoms with Crippen LogP contribution in [0.5, 0.6) is 0 Å². The van der Waals surface area contributed by atoms with E-state index in [4.69, 9.17) is 10.1 Å². The Bertz CT molecular complexity index is 359. The molecule has 23 heavy (non-hydrogen) atoms. The molecule has 0 saturated carbocycles. The molecular formula is C17H33N3O3. The summed E-state index contributed by atoms with van der Waals surface area (Å²) in [6.07, 6.45) is 9.87. The zero-order valence-corrected chi connectivity index (χ0v) is 15.0. The Hall–Kier alpha value is -1.59. The lowest BCUT2D eigenvalue weighted by molar-refractivity contribution is -0.143. The zero-order chi connectivity index (χ0) is 17.5. The van der Waals surface area contributed by atoms with Crippen LogP contribution in [0.3, 0.4) is 0 Å². The minimum Gasteiger partial charge on any atom is -0.465 e. The summed E-state index contributed by atoms with van der Waals surface area (Å²) in [6, 6.07) is 0. The van der Waals surface area contributed by atoms with Crippen LogP contribution in [0.15, 0.2) is 0 Å². The lowest BCUT2D eigenvalue weighted by Crippen LogP contribution is -2.43. The summed E-state index contributed by atoms with van der Waals surface area (Å²) in [7, 11) is 1.58. The number of hydrogen-bond donors (Lipinski definition) is 2. The van der Waals surface area contributed by atoms with Crippen molar-refractivity contribution >= 4 is 17.8 Å². The van der Waals surface area contributed by atoms with Gasteiger partial charge in [0, 0.05) is 13.5 Å². The van der Waals surface area contributed by atoms with Gasteiger partial charge in [-0.1, -0.05) is 51.9 Å². The second kappa shape index (κ2) is 14.0. The third-order valence-electron chi connectivity index (χ3n) is 3.57. The van der Waals surface area contributed by atoms with Crippen LogP contribution in [-0.2, 0) is 14.3 Å². The smallest absolute Gasteiger partial charge is 0.325 e. The normalized spacial score (nSPS) is 10.2. The molecule has 6 heteroatoms. The summed E-state index contributed by atoms with van der Waals surface area (Å²) in [5.74, 6) is -0.642. The lowest BCUT2D eigenvalue weighted by Gasteiger charge is -2.19. The molecule has 0 aromatic rings. The van der Waals surface area contributed by atoms with Crippen molar-refractivity contribution in [3.05, 3.63) is 0 Å². The van der Waals surface area contributed by atoms with Crippen molar-refractivity contribution < 1.29 is 14.3 Å². The van der Waals surface area contributed by atoms with E-state index in [1.807, 2.05) is 0 Å². The van der Waals surface area contributed by atoms with E-state index >= 15 is 0 Å². The quantitative estimate of drug-likeness (QED) is 0.250. The van der Waals surface area contributed by atoms with Gasteiger partial charge >= 0.3 is 5.97 Å². The highest BCUT2D eigenvalue weighted by molar-refractivity contribution is 5.96. The number of nitrogens with one attached hydrogen (secondary N) is 2. The second-order valence-electron chi connectivity index (χ2n) is 5.78. The van der Waals surface area contributed by atoms with Crippen LogP contribution < -0.4 is 5.32 Å². The third kappa shape index (κ3) is 12.6. The average Bonchev–Trinajstić information content (AvgIpc) is 2.50. The summed E-state index contributed by atoms with van der Waals surface area (Å²) in [5, 5.41) is 10.3. The van der Waals surface area contributed by atoms with E-state index in [0.29, 0.717) is 13.0 Å². The summed E-state index contributed by atoms with van der Waals surface area (Å²) in [6.45, 7) is 4.21. The number of carbonyl (C=O) groups excluding carboxylic acids is 2. The molecule has 0 fully saturated rings. The summed E-state index contributed by atoms with van der Waals surface area (Å²) < 4.78 is 4.80. The largest absolute Gasteiger partial charge is 0.465 e. The summed E-state index contributed by atoms with van der Waals surface area (Å²) in [5.41, 5.74) is 0. The zero-order valence-electron chi connectivity index (χ0n) is 15.0. The first-order valence-electron chi connectivity index (χ1n) is 8.76. The fraction of sp³-hybridized carbons (Fsp3) is 0.824. The fourth-order valence-electron chi connectivity index (χ4n) is 2.19. The average molecular weight is 327 g/mol. The van der Waals surface area contributed by atoms with Gasteiger partial charge in [-0.2, -0.15) is 0 Å². The Morgan fingerprint density at radius 3 is 2.13 bits per heavy atom. The van der Waals surface area contributed by atoms with E-state index in [1.165, 1.54) is 37.0 Å². The van der Waals surface area contributed by atoms with Crippen LogP contribution in [0.4, 0.5) is 0 Å². The van der Waals surface area contributed by atoms with Crippen LogP contribution in [0.1, 0.15) is 71.6 Å². The monoisotopic (exact) mass is 327 g/mol. The number of likely N-dealkylation sites (N-methyl/N-ethyl adjacent to an activating group) is 1. The van der Waals surface area contributed by atoms with Gasteiger partial charge in [0.2, 0.25) is 5.91 Å². The number of carbonyl (C=O) groups is 2. The van der Waals surface area contributed by atoms with Gasteiger partial charge in [0.25, 0.3) is 0 Å². The van der Waals surface area contributed by atoms with E-state index < -0.39 is 5.97 Å². The molecule has 0 aromatic heterocycles. The number of esters is 1. The molecule has 1 amide bonds. The Kier molecular flexibility index (Phi) is 13.1. The minimum absolute atomic E-state index is 0.0370. The van der Waals surface area contributed by atoms with Gasteiger partial charge in [0.15, 0.2) is 5.96 Å². The maximum Gasteiger partial charge on any atom is 0.325 e. The number of hydrogen-bond acceptors (Lipinski definition) is 4. The van der Waals surface area contributed by atoms with Crippen LogP contribution in [0.2, 0.25) is 0 Å². The van der Waals surface area contributed by atoms with Crippen LogP contribution >= 0.6 is 0 Å². The van der Waals surface area contributed by atoms with Crippen LogP contribution in [-0.4, -0.2) is 42.9 Å². The highest BCUT2D eigenvalue weighted by atomic mass is 16.5. The van der Waals surface area contributed by atoms with E-state index in [0.717, 1.165) is 19.3 Å². The molecule has 0 unspecified atom stereocenters. The number of guanidine groups is 1. The van der Waals surface area contributed by atoms with Crippen molar-refractivity contribution in [2.45, 2.75) is 71.6 Å². The topological polar surface area (TPSA) is 82.5 Å². The minimum atomic E-state index is -0.405. The standard InChI is InChI=1S/C17H33N3O3/c1-4-6-7-8-9-10-11-12-13-15(21)19-17(18)20(3)14-16(22)23-5-2/h4-14H2,1-3H3,(H2,18,19,21). The van der Waals surface area contributed by atoms with Gasteiger partial charge < -0.3 is 9.64 Å². The molecule has 0 saturated heterocycles. The molecule has 0 aromatic carbocycles. The highest BCUT2D eigenvalue weighted by Crippen LogP contribution is 2.09. The fourth-order valence-corrected chi connectivity index (χ4v) is 2.19. The first-order chi connectivity index (χ1) is 11.0. The molecule has 134 valence electrons. The molecule has 0 radical (unpaired) electrons. The van der Waals surface area contributed by atoms with Gasteiger partial charge in [-0.25, -0.2) is 0 Å². The SMILES string of the molecule is CCCCCCCCCCC(=O)NC(=N)N(C)CC(=O)OCC. The number of rotatable bonds is 12. The molecule has 0 heterocycles. The van der Waals surface area contributed by atoms with Gasteiger partial charge in [0.05, 0.1) is 6.61 Å². The predicted molar refractivity (Wildman–Crippen MR) is 92.4 cm³/mol. The maximum atomic E-state index is 11.7. The van der Waals surface area contributed by atoms with Crippen molar-refractivity contribution in [2.24, 2.45) is 0 Å². The van der Waals surface area contributed by atoms with Crippen molar-refractivity contribution in [1.82, 2.24) is 10.2 Å². The molecule has 2 N–H and O–H groups in total. The van der Waals surface area contributed by atoms with Crippen molar-refractivity contribution in [3.63, 3.8) is 0 Å². The van der Waals surface area contributed by atoms with E-state index in [2.05, 4.69) is 12.2 Å². The molecule has 0 aliphatic heterocycles. The number of nitrogens with zero attached hydrogens (tertiary/aromatic N) is 1. The molecular weight excluding hydrogens is 294 g/mol. The van der Waals surface area contributed by atoms with Gasteiger partial charge in [-0.3, -0.25) is 20.3 Å². The third-order valence-corrected chi connectivity index (χ3v) is 3.57. The van der Waals surface area contributed by atoms with Crippen molar-refractivity contribution in [1.29, 1.82) is 5.41 Å². The van der Waals surface area contributed by atoms with Crippen LogP contribution in [0, 0.1) is 5.41 Å². The summed E-state index contributed by atoms with van der Waals surface area (Å²) in [4.78, 5) is 24.4. The summed E-state index contributed by atoms with van der Waals surface area (Å²) >= 11 is 0. The molecule has 0 rings (SSSR count). The van der Waals surface area contributed by atoms with Crippen LogP contribution in [0.25, 0.3) is 0 Å². The van der Waals surface area contributed by atoms with Gasteiger partial charge in [-0.15, -0.1) is 0 Å². The van der Waals surface area contributed by atoms with E-state index in [-0.39, 0.29) is 18.4 Å². The first-order valence-corrected chi connectivity index (χ1v) is 8.76. The van der Waals surface area contributed by atoms with Gasteiger partial charge in [-0.05, 0) is 13.3 Å². The first kappa shape index (κ1) is 21.4. The van der Waals surface area contributed by atoms with E-state index in [1.54, 1.807) is 14.0 Å². The Balaban J connectivity index is 3.68. The molecule has 0 spiro atoms. The maximum absolute atomic E-state index is 11.7. The van der Waals surface area contributed by atoms with E-state index in [9.17, 15) is 9.59 Å². The number of ether oxygens (including phenoxy) is 1. The predicted octanol–water partition coefficient (Wildman–Crippen LogP) is 3.06. The highest BCUT2D eigenvalue weighted by Gasteiger charge is 2.12. The van der Waals surface area contributed by atoms with Gasteiger partial charge in [0.1, 0.15) is 6.54 Å². The Labute approximate surface area is 140 Å². The molecule has 6 nitrogen and oxygen atoms in total. The van der Waals surface area contributed by atoms with Crippen molar-refractivity contribution in [2.75, 3.05) is 20.2 Å². The molecule has 0 aliphatic rings. The molecule has 0 aliphatic carbocycles. The molecule has 0 bridgehead atoms. The molecule has 0 atom stereocenters. The Morgan fingerprint density at radius 2 is 1.57 bits per heavy atom. The number of amides is 1. The number of unbranched alkanes of at least 4 members (excludes halogenated alkanes) is 7. The Morgan fingerprint density at radius 1 is 1.00 bits per heavy atom. The van der Waals surface area contributed by atoms with Crippen molar-refractivity contribution in [3.8, 4) is 0 Å². The lowest BCUT2D eigenvalue weighted by atomic mass is 10.1.